The van der Waals surface area contributed by atoms with Crippen molar-refractivity contribution in [2.24, 2.45) is 0 Å². The van der Waals surface area contributed by atoms with Crippen LogP contribution in [0.4, 0.5) is 17.1 Å². The lowest BCUT2D eigenvalue weighted by Crippen LogP contribution is -2.29. The second-order valence-corrected chi connectivity index (χ2v) is 11.4. The number of aryl methyl sites for hydroxylation is 1. The molecule has 5 aromatic rings. The van der Waals surface area contributed by atoms with E-state index in [9.17, 15) is 14.9 Å². The Hall–Kier alpha value is -5.75. The van der Waals surface area contributed by atoms with Gasteiger partial charge in [0.05, 0.1) is 35.5 Å². The van der Waals surface area contributed by atoms with Crippen LogP contribution in [0.5, 0.6) is 11.5 Å². The number of thiocarbonyl (C=S) groups is 1. The number of rotatable bonds is 10. The maximum absolute atomic E-state index is 12.6. The number of pyridine rings is 1. The Balaban J connectivity index is 1.35. The largest absolute Gasteiger partial charge is 0.495 e. The quantitative estimate of drug-likeness (QED) is 0.0979. The Kier molecular flexibility index (Phi) is 8.85. The minimum Gasteiger partial charge on any atom is -0.495 e. The van der Waals surface area contributed by atoms with Crippen molar-refractivity contribution in [3.63, 3.8) is 0 Å². The third-order valence-corrected chi connectivity index (χ3v) is 8.36. The molecular weight excluding hydrogens is 616 g/mol. The van der Waals surface area contributed by atoms with Gasteiger partial charge < -0.3 is 29.6 Å². The number of nitro benzene ring substituents is 1. The van der Waals surface area contributed by atoms with Crippen LogP contribution >= 0.6 is 12.2 Å². The first-order valence-electron chi connectivity index (χ1n) is 14.8. The molecule has 1 aliphatic rings. The maximum Gasteiger partial charge on any atom is 0.271 e. The summed E-state index contributed by atoms with van der Waals surface area (Å²) in [5.41, 5.74) is 5.44. The van der Waals surface area contributed by atoms with Gasteiger partial charge in [0.1, 0.15) is 11.5 Å². The molecule has 11 nitrogen and oxygen atoms in total. The fourth-order valence-electron chi connectivity index (χ4n) is 5.94. The Bertz CT molecular complexity index is 1930. The molecule has 0 bridgehead atoms. The summed E-state index contributed by atoms with van der Waals surface area (Å²) >= 11 is 5.92. The van der Waals surface area contributed by atoms with Crippen LogP contribution in [0.2, 0.25) is 0 Å². The number of nitrogens with zero attached hydrogens (tertiary/aromatic N) is 4. The monoisotopic (exact) mass is 648 g/mol. The average molecular weight is 649 g/mol. The Morgan fingerprint density at radius 3 is 2.45 bits per heavy atom. The first-order chi connectivity index (χ1) is 22.7. The lowest BCUT2D eigenvalue weighted by molar-refractivity contribution is -0.384. The van der Waals surface area contributed by atoms with Crippen molar-refractivity contribution in [3.8, 4) is 17.2 Å². The number of aromatic nitrogens is 2. The molecule has 238 valence electrons. The van der Waals surface area contributed by atoms with Gasteiger partial charge >= 0.3 is 0 Å². The van der Waals surface area contributed by atoms with E-state index in [-0.39, 0.29) is 30.3 Å². The second kappa shape index (κ2) is 13.3. The highest BCUT2D eigenvalue weighted by Gasteiger charge is 2.42. The van der Waals surface area contributed by atoms with Crippen LogP contribution in [-0.4, -0.2) is 39.2 Å². The normalized spacial score (nSPS) is 15.6. The van der Waals surface area contributed by atoms with Gasteiger partial charge in [0.2, 0.25) is 0 Å². The van der Waals surface area contributed by atoms with Gasteiger partial charge in [-0.3, -0.25) is 19.9 Å². The number of carbonyl (C=O) groups excluding carboxylic acids is 1. The van der Waals surface area contributed by atoms with E-state index in [1.54, 1.807) is 31.5 Å². The molecule has 1 fully saturated rings. The van der Waals surface area contributed by atoms with Crippen molar-refractivity contribution in [1.29, 1.82) is 0 Å². The van der Waals surface area contributed by atoms with E-state index < -0.39 is 4.92 Å². The van der Waals surface area contributed by atoms with Crippen molar-refractivity contribution in [2.75, 3.05) is 23.9 Å². The zero-order valence-corrected chi connectivity index (χ0v) is 26.7. The molecule has 3 heterocycles. The number of nitrogens with one attached hydrogen (secondary N) is 2. The third-order valence-electron chi connectivity index (χ3n) is 8.04. The van der Waals surface area contributed by atoms with Crippen LogP contribution in [0, 0.1) is 24.0 Å². The minimum absolute atomic E-state index is 0.0367. The molecule has 0 saturated carbocycles. The fraction of sp³-hybridized carbons (Fsp3) is 0.171. The highest BCUT2D eigenvalue weighted by molar-refractivity contribution is 7.80. The van der Waals surface area contributed by atoms with Gasteiger partial charge in [-0.15, -0.1) is 0 Å². The van der Waals surface area contributed by atoms with Gasteiger partial charge in [0.25, 0.3) is 11.6 Å². The van der Waals surface area contributed by atoms with Crippen molar-refractivity contribution in [1.82, 2.24) is 14.9 Å². The van der Waals surface area contributed by atoms with E-state index >= 15 is 0 Å². The lowest BCUT2D eigenvalue weighted by atomic mass is 9.96. The average Bonchev–Trinajstić information content (AvgIpc) is 3.58. The van der Waals surface area contributed by atoms with Crippen LogP contribution < -0.4 is 25.0 Å². The SMILES string of the molecule is COc1ccc([N+](=O)[O-])cc1-n1c(C)cc([C@H]2[C@@H](c3ccccn3)NC(=S)N2c2ccc(NC(=O)COc3ccccc3)cc2)c1C. The summed E-state index contributed by atoms with van der Waals surface area (Å²) in [5.74, 6) is 0.843. The van der Waals surface area contributed by atoms with E-state index in [0.717, 1.165) is 28.3 Å². The first-order valence-corrected chi connectivity index (χ1v) is 15.3. The number of ether oxygens (including phenoxy) is 2. The predicted octanol–water partition coefficient (Wildman–Crippen LogP) is 6.60. The number of nitro groups is 1. The molecule has 3 aromatic carbocycles. The first kappa shape index (κ1) is 31.2. The van der Waals surface area contributed by atoms with Crippen LogP contribution in [0.1, 0.15) is 34.7 Å². The Morgan fingerprint density at radius 1 is 1.02 bits per heavy atom. The number of anilines is 2. The standard InChI is InChI=1S/C35H32N6O5S/c1-22-19-28(23(2)39(22)30-20-26(41(43)44)16-17-31(30)45-3)34-33(29-11-7-8-18-36-29)38-35(47)40(34)25-14-12-24(13-15-25)37-32(42)21-46-27-9-5-4-6-10-27/h4-20,33-34H,21H2,1-3H3,(H,37,42)(H,38,47)/t33-,34+/m1/s1. The van der Waals surface area contributed by atoms with E-state index in [1.165, 1.54) is 12.1 Å². The highest BCUT2D eigenvalue weighted by Crippen LogP contribution is 2.44. The van der Waals surface area contributed by atoms with Crippen molar-refractivity contribution in [2.45, 2.75) is 25.9 Å². The molecule has 1 amide bonds. The zero-order valence-electron chi connectivity index (χ0n) is 25.9. The van der Waals surface area contributed by atoms with Crippen LogP contribution in [0.15, 0.2) is 103 Å². The summed E-state index contributed by atoms with van der Waals surface area (Å²) in [6, 6.07) is 28.3. The van der Waals surface area contributed by atoms with Gasteiger partial charge in [-0.05, 0) is 92.3 Å². The number of para-hydroxylation sites is 1. The molecule has 2 aromatic heterocycles. The molecule has 47 heavy (non-hydrogen) atoms. The summed E-state index contributed by atoms with van der Waals surface area (Å²) in [6.07, 6.45) is 1.75. The summed E-state index contributed by atoms with van der Waals surface area (Å²) < 4.78 is 13.2. The third kappa shape index (κ3) is 6.36. The smallest absolute Gasteiger partial charge is 0.271 e. The molecule has 0 unspecified atom stereocenters. The number of non-ortho nitro benzene ring substituents is 1. The van der Waals surface area contributed by atoms with Gasteiger partial charge in [-0.1, -0.05) is 24.3 Å². The fourth-order valence-corrected chi connectivity index (χ4v) is 6.29. The molecule has 1 aliphatic heterocycles. The maximum atomic E-state index is 12.6. The summed E-state index contributed by atoms with van der Waals surface area (Å²) in [4.78, 5) is 30.5. The Morgan fingerprint density at radius 2 is 1.77 bits per heavy atom. The molecule has 12 heteroatoms. The summed E-state index contributed by atoms with van der Waals surface area (Å²) in [6.45, 7) is 3.81. The van der Waals surface area contributed by atoms with Crippen LogP contribution in [0.3, 0.4) is 0 Å². The van der Waals surface area contributed by atoms with E-state index in [0.29, 0.717) is 28.0 Å². The molecule has 0 aliphatic carbocycles. The topological polar surface area (TPSA) is 124 Å². The predicted molar refractivity (Wildman–Crippen MR) is 183 cm³/mol. The van der Waals surface area contributed by atoms with Gasteiger partial charge in [0, 0.05) is 41.1 Å². The number of carbonyl (C=O) groups is 1. The van der Waals surface area contributed by atoms with Crippen molar-refractivity contribution < 1.29 is 19.2 Å². The van der Waals surface area contributed by atoms with Crippen molar-refractivity contribution in [3.05, 3.63) is 136 Å². The van der Waals surface area contributed by atoms with Crippen LogP contribution in [0.25, 0.3) is 5.69 Å². The minimum atomic E-state index is -0.418. The number of hydrogen-bond acceptors (Lipinski definition) is 7. The van der Waals surface area contributed by atoms with E-state index in [2.05, 4.69) is 21.7 Å². The molecule has 1 saturated heterocycles. The Labute approximate surface area is 276 Å². The van der Waals surface area contributed by atoms with Crippen molar-refractivity contribution >= 4 is 40.3 Å². The summed E-state index contributed by atoms with van der Waals surface area (Å²) in [5, 5.41) is 18.5. The number of benzene rings is 3. The van der Waals surface area contributed by atoms with E-state index in [1.807, 2.05) is 84.0 Å². The molecule has 0 radical (unpaired) electrons. The zero-order chi connectivity index (χ0) is 33.1. The van der Waals surface area contributed by atoms with E-state index in [4.69, 9.17) is 21.7 Å². The van der Waals surface area contributed by atoms with Gasteiger partial charge in [0.15, 0.2) is 11.7 Å². The molecular formula is C35H32N6O5S. The highest BCUT2D eigenvalue weighted by atomic mass is 32.1. The van der Waals surface area contributed by atoms with Gasteiger partial charge in [-0.2, -0.15) is 0 Å². The number of amides is 1. The number of methoxy groups -OCH3 is 1. The van der Waals surface area contributed by atoms with Crippen LogP contribution in [-0.2, 0) is 4.79 Å². The number of hydrogen-bond donors (Lipinski definition) is 2. The molecule has 6 rings (SSSR count). The molecule has 2 atom stereocenters. The second-order valence-electron chi connectivity index (χ2n) is 11.0. The molecule has 2 N–H and O–H groups in total. The lowest BCUT2D eigenvalue weighted by Gasteiger charge is -2.28. The van der Waals surface area contributed by atoms with Gasteiger partial charge in [-0.25, -0.2) is 0 Å². The summed E-state index contributed by atoms with van der Waals surface area (Å²) in [7, 11) is 1.54. The molecule has 0 spiro atoms.